The maximum atomic E-state index is 11.4. The van der Waals surface area contributed by atoms with Gasteiger partial charge in [-0.2, -0.15) is 0 Å². The molecule has 3 atom stereocenters. The Morgan fingerprint density at radius 3 is 2.93 bits per heavy atom. The molecule has 2 bridgehead atoms. The Labute approximate surface area is 88.6 Å². The van der Waals surface area contributed by atoms with E-state index in [2.05, 4.69) is 4.90 Å². The third-order valence-electron chi connectivity index (χ3n) is 3.91. The second kappa shape index (κ2) is 3.48. The maximum absolute atomic E-state index is 11.4. The number of likely N-dealkylation sites (N-methyl/N-ethyl adjacent to an activating group) is 1. The lowest BCUT2D eigenvalue weighted by atomic mass is 9.78. The highest BCUT2D eigenvalue weighted by Crippen LogP contribution is 2.39. The van der Waals surface area contributed by atoms with E-state index in [1.807, 2.05) is 0 Å². The van der Waals surface area contributed by atoms with E-state index < -0.39 is 11.5 Å². The predicted octanol–water partition coefficient (Wildman–Crippen LogP) is -0.376. The number of amides is 1. The van der Waals surface area contributed by atoms with E-state index in [1.54, 1.807) is 7.05 Å². The van der Waals surface area contributed by atoms with Crippen LogP contribution in [0.3, 0.4) is 0 Å². The van der Waals surface area contributed by atoms with E-state index in [9.17, 15) is 14.7 Å². The fourth-order valence-electron chi connectivity index (χ4n) is 2.95. The Balaban J connectivity index is 2.33. The second-order valence-electron chi connectivity index (χ2n) is 4.48. The molecule has 0 spiro atoms. The predicted molar refractivity (Wildman–Crippen MR) is 53.4 cm³/mol. The molecule has 5 heteroatoms. The van der Waals surface area contributed by atoms with Crippen molar-refractivity contribution in [1.82, 2.24) is 9.80 Å². The van der Waals surface area contributed by atoms with E-state index in [4.69, 9.17) is 0 Å². The zero-order valence-electron chi connectivity index (χ0n) is 8.85. The van der Waals surface area contributed by atoms with Gasteiger partial charge in [-0.1, -0.05) is 0 Å². The van der Waals surface area contributed by atoms with E-state index in [-0.39, 0.29) is 5.92 Å². The first-order valence-corrected chi connectivity index (χ1v) is 5.25. The number of nitrogens with zero attached hydrogens (tertiary/aromatic N) is 2. The van der Waals surface area contributed by atoms with Gasteiger partial charge >= 0.3 is 5.97 Å². The fourth-order valence-corrected chi connectivity index (χ4v) is 2.95. The molecule has 2 saturated heterocycles. The van der Waals surface area contributed by atoms with Crippen molar-refractivity contribution in [3.8, 4) is 0 Å². The Hall–Kier alpha value is -1.10. The number of hydrogen-bond donors (Lipinski definition) is 1. The molecule has 0 aromatic carbocycles. The van der Waals surface area contributed by atoms with Gasteiger partial charge in [-0.05, 0) is 19.4 Å². The summed E-state index contributed by atoms with van der Waals surface area (Å²) >= 11 is 0. The number of carbonyl (C=O) groups excluding carboxylic acids is 1. The fraction of sp³-hybridized carbons (Fsp3) is 0.800. The molecule has 0 aliphatic carbocycles. The molecule has 2 rings (SSSR count). The van der Waals surface area contributed by atoms with Gasteiger partial charge in [-0.15, -0.1) is 0 Å². The summed E-state index contributed by atoms with van der Waals surface area (Å²) in [5, 5.41) is 9.39. The van der Waals surface area contributed by atoms with Crippen molar-refractivity contribution in [2.75, 3.05) is 26.7 Å². The van der Waals surface area contributed by atoms with Gasteiger partial charge in [0.1, 0.15) is 5.54 Å². The van der Waals surface area contributed by atoms with E-state index in [1.165, 1.54) is 4.90 Å². The molecule has 1 N–H and O–H groups in total. The Bertz CT molecular complexity index is 294. The lowest BCUT2D eigenvalue weighted by Crippen LogP contribution is -2.61. The summed E-state index contributed by atoms with van der Waals surface area (Å²) in [6.45, 7) is 2.55. The van der Waals surface area contributed by atoms with Crippen LogP contribution in [0.1, 0.15) is 12.8 Å². The summed E-state index contributed by atoms with van der Waals surface area (Å²) in [6, 6.07) is 0. The number of carboxylic acids is 1. The summed E-state index contributed by atoms with van der Waals surface area (Å²) in [6.07, 6.45) is 2.06. The van der Waals surface area contributed by atoms with Gasteiger partial charge in [0.25, 0.3) is 0 Å². The van der Waals surface area contributed by atoms with Crippen molar-refractivity contribution in [2.24, 2.45) is 5.92 Å². The average molecular weight is 212 g/mol. The van der Waals surface area contributed by atoms with Crippen LogP contribution in [-0.4, -0.2) is 59.5 Å². The minimum atomic E-state index is -0.964. The number of hydrogen-bond acceptors (Lipinski definition) is 3. The third kappa shape index (κ3) is 1.33. The molecule has 2 aliphatic rings. The summed E-state index contributed by atoms with van der Waals surface area (Å²) < 4.78 is 0. The average Bonchev–Trinajstić information content (AvgIpc) is 2.61. The molecular formula is C10H16N2O3. The third-order valence-corrected chi connectivity index (χ3v) is 3.91. The van der Waals surface area contributed by atoms with Gasteiger partial charge in [-0.25, -0.2) is 4.79 Å². The Kier molecular flexibility index (Phi) is 2.42. The SMILES string of the molecule is CN(C=O)C1(C(=O)O)CCN2CCC1C2. The first kappa shape index (κ1) is 10.4. The van der Waals surface area contributed by atoms with Crippen LogP contribution < -0.4 is 0 Å². The monoisotopic (exact) mass is 212 g/mol. The molecule has 0 aromatic rings. The zero-order valence-corrected chi connectivity index (χ0v) is 8.85. The standard InChI is InChI=1S/C10H16N2O3/c1-11(7-13)10(9(14)15)3-5-12-4-2-8(10)6-12/h7-8H,2-6H2,1H3,(H,14,15). The van der Waals surface area contributed by atoms with Gasteiger partial charge in [0.2, 0.25) is 6.41 Å². The molecule has 3 unspecified atom stereocenters. The lowest BCUT2D eigenvalue weighted by molar-refractivity contribution is -0.160. The van der Waals surface area contributed by atoms with Crippen LogP contribution in [0.25, 0.3) is 0 Å². The van der Waals surface area contributed by atoms with Gasteiger partial charge in [0.15, 0.2) is 0 Å². The molecule has 0 aromatic heterocycles. The van der Waals surface area contributed by atoms with Gasteiger partial charge < -0.3 is 14.9 Å². The molecular weight excluding hydrogens is 196 g/mol. The minimum Gasteiger partial charge on any atom is -0.479 e. The van der Waals surface area contributed by atoms with E-state index in [0.717, 1.165) is 26.1 Å². The summed E-state index contributed by atoms with van der Waals surface area (Å²) in [5.74, 6) is -0.775. The first-order valence-electron chi connectivity index (χ1n) is 5.25. The van der Waals surface area contributed by atoms with Gasteiger partial charge in [0.05, 0.1) is 0 Å². The van der Waals surface area contributed by atoms with Crippen LogP contribution in [-0.2, 0) is 9.59 Å². The molecule has 2 fully saturated rings. The molecule has 0 saturated carbocycles. The Morgan fingerprint density at radius 1 is 1.60 bits per heavy atom. The van der Waals surface area contributed by atoms with Crippen LogP contribution in [0.5, 0.6) is 0 Å². The summed E-state index contributed by atoms with van der Waals surface area (Å²) in [5.41, 5.74) is -0.964. The number of aliphatic carboxylic acids is 1. The highest BCUT2D eigenvalue weighted by Gasteiger charge is 2.54. The van der Waals surface area contributed by atoms with Crippen LogP contribution in [0.2, 0.25) is 0 Å². The van der Waals surface area contributed by atoms with Crippen LogP contribution in [0, 0.1) is 5.92 Å². The minimum absolute atomic E-state index is 0.0824. The number of piperidine rings is 1. The van der Waals surface area contributed by atoms with E-state index in [0.29, 0.717) is 12.8 Å². The van der Waals surface area contributed by atoms with Crippen molar-refractivity contribution < 1.29 is 14.7 Å². The summed E-state index contributed by atoms with van der Waals surface area (Å²) in [4.78, 5) is 25.9. The normalized spacial score (nSPS) is 38.7. The van der Waals surface area contributed by atoms with Gasteiger partial charge in [0, 0.05) is 26.1 Å². The smallest absolute Gasteiger partial charge is 0.330 e. The Morgan fingerprint density at radius 2 is 2.33 bits per heavy atom. The van der Waals surface area contributed by atoms with Crippen molar-refractivity contribution in [1.29, 1.82) is 0 Å². The van der Waals surface area contributed by atoms with Crippen LogP contribution >= 0.6 is 0 Å². The zero-order chi connectivity index (χ0) is 11.1. The quantitative estimate of drug-likeness (QED) is 0.648. The lowest BCUT2D eigenvalue weighted by Gasteiger charge is -2.43. The molecule has 2 heterocycles. The number of carbonyl (C=O) groups is 2. The molecule has 5 nitrogen and oxygen atoms in total. The summed E-state index contributed by atoms with van der Waals surface area (Å²) in [7, 11) is 1.58. The van der Waals surface area contributed by atoms with Crippen molar-refractivity contribution in [3.05, 3.63) is 0 Å². The molecule has 84 valence electrons. The largest absolute Gasteiger partial charge is 0.479 e. The second-order valence-corrected chi connectivity index (χ2v) is 4.48. The highest BCUT2D eigenvalue weighted by atomic mass is 16.4. The number of fused-ring (bicyclic) bond motifs is 2. The van der Waals surface area contributed by atoms with Crippen molar-refractivity contribution in [3.63, 3.8) is 0 Å². The molecule has 1 amide bonds. The number of carboxylic acid groups (broad SMARTS) is 1. The molecule has 15 heavy (non-hydrogen) atoms. The van der Waals surface area contributed by atoms with Crippen LogP contribution in [0.15, 0.2) is 0 Å². The topological polar surface area (TPSA) is 60.9 Å². The van der Waals surface area contributed by atoms with Crippen molar-refractivity contribution in [2.45, 2.75) is 18.4 Å². The molecule has 0 radical (unpaired) electrons. The van der Waals surface area contributed by atoms with Crippen LogP contribution in [0.4, 0.5) is 0 Å². The van der Waals surface area contributed by atoms with E-state index >= 15 is 0 Å². The maximum Gasteiger partial charge on any atom is 0.330 e. The first-order chi connectivity index (χ1) is 7.11. The van der Waals surface area contributed by atoms with Gasteiger partial charge in [-0.3, -0.25) is 4.79 Å². The van der Waals surface area contributed by atoms with Crippen molar-refractivity contribution >= 4 is 12.4 Å². The highest BCUT2D eigenvalue weighted by molar-refractivity contribution is 5.82. The number of rotatable bonds is 3. The molecule has 2 aliphatic heterocycles.